The first-order chi connectivity index (χ1) is 24.3. The van der Waals surface area contributed by atoms with Gasteiger partial charge in [-0.2, -0.15) is 0 Å². The van der Waals surface area contributed by atoms with Gasteiger partial charge < -0.3 is 9.80 Å². The first-order valence-electron chi connectivity index (χ1n) is 19.0. The van der Waals surface area contributed by atoms with E-state index >= 15 is 0 Å². The molecule has 0 radical (unpaired) electrons. The van der Waals surface area contributed by atoms with E-state index in [-0.39, 0.29) is 11.8 Å². The number of amides is 2. The van der Waals surface area contributed by atoms with E-state index in [1.165, 1.54) is 5.56 Å². The summed E-state index contributed by atoms with van der Waals surface area (Å²) >= 11 is 0. The molecule has 50 heavy (non-hydrogen) atoms. The topological polar surface area (TPSA) is 40.6 Å². The Balaban J connectivity index is 1.59. The summed E-state index contributed by atoms with van der Waals surface area (Å²) < 4.78 is 0. The Labute approximate surface area is 301 Å². The Morgan fingerprint density at radius 3 is 1.32 bits per heavy atom. The minimum Gasteiger partial charge on any atom is -0.307 e. The lowest BCUT2D eigenvalue weighted by Crippen LogP contribution is -2.34. The minimum atomic E-state index is -0.0386. The molecule has 4 nitrogen and oxygen atoms in total. The van der Waals surface area contributed by atoms with Gasteiger partial charge in [0.2, 0.25) is 0 Å². The molecule has 2 aliphatic heterocycles. The molecule has 3 aromatic rings. The first kappa shape index (κ1) is 36.8. The number of carbonyl (C=O) groups excluding carboxylic acids is 2. The number of allylic oxidation sites excluding steroid dienone is 1. The maximum absolute atomic E-state index is 14.8. The van der Waals surface area contributed by atoms with Gasteiger partial charge in [0.05, 0.1) is 22.5 Å². The van der Waals surface area contributed by atoms with Crippen molar-refractivity contribution in [1.82, 2.24) is 9.80 Å². The van der Waals surface area contributed by atoms with E-state index in [4.69, 9.17) is 0 Å². The van der Waals surface area contributed by atoms with Crippen LogP contribution >= 0.6 is 0 Å². The predicted octanol–water partition coefficient (Wildman–Crippen LogP) is 11.4. The van der Waals surface area contributed by atoms with E-state index < -0.39 is 0 Å². The van der Waals surface area contributed by atoms with E-state index in [1.807, 2.05) is 22.8 Å². The van der Waals surface area contributed by atoms with Gasteiger partial charge >= 0.3 is 0 Å². The number of unbranched alkanes of at least 4 members (excludes halogenated alkanes) is 2. The van der Waals surface area contributed by atoms with Crippen molar-refractivity contribution >= 4 is 41.4 Å². The molecule has 0 aromatic heterocycles. The molecule has 0 saturated heterocycles. The largest absolute Gasteiger partial charge is 0.307 e. The molecular formula is C46H56N2O2. The summed E-state index contributed by atoms with van der Waals surface area (Å²) in [6, 6.07) is 25.2. The summed E-state index contributed by atoms with van der Waals surface area (Å²) in [7, 11) is 0. The molecule has 2 unspecified atom stereocenters. The summed E-state index contributed by atoms with van der Waals surface area (Å²) in [4.78, 5) is 33.5. The van der Waals surface area contributed by atoms with Crippen molar-refractivity contribution < 1.29 is 9.59 Å². The number of benzene rings is 3. The van der Waals surface area contributed by atoms with Crippen LogP contribution in [0.2, 0.25) is 0 Å². The smallest absolute Gasteiger partial charge is 0.261 e. The third-order valence-corrected chi connectivity index (χ3v) is 10.4. The van der Waals surface area contributed by atoms with E-state index in [2.05, 4.69) is 126 Å². The van der Waals surface area contributed by atoms with Crippen LogP contribution in [0.1, 0.15) is 119 Å². The molecule has 0 fully saturated rings. The van der Waals surface area contributed by atoms with E-state index in [1.54, 1.807) is 0 Å². The molecule has 2 heterocycles. The number of fused-ring (bicyclic) bond motifs is 1. The van der Waals surface area contributed by atoms with Crippen LogP contribution in [0.4, 0.5) is 0 Å². The van der Waals surface area contributed by atoms with Crippen molar-refractivity contribution in [2.75, 3.05) is 13.1 Å². The fourth-order valence-electron chi connectivity index (χ4n) is 7.26. The second-order valence-corrected chi connectivity index (χ2v) is 14.1. The van der Waals surface area contributed by atoms with Crippen molar-refractivity contribution in [2.24, 2.45) is 11.8 Å². The standard InChI is InChI=1S/C46H56N2O2/c1-7-12-15-34(10-4)31-47-43(39-27-17-33(6)18-28-39)41-42(46(47)50)44(48(45(41)49)32-35(11-5)16-13-8-2)40-29-25-38(26-30-40)24-23-37-21-19-36(14-9-3)20-22-37/h9,14,17-30,34-35H,7-8,10-13,15-16,31-32H2,1-6H3/b14-9+,24-23+. The van der Waals surface area contributed by atoms with Crippen molar-refractivity contribution in [3.05, 3.63) is 123 Å². The second kappa shape index (κ2) is 17.5. The lowest BCUT2D eigenvalue weighted by Gasteiger charge is -2.29. The van der Waals surface area contributed by atoms with Gasteiger partial charge in [0.1, 0.15) is 0 Å². The maximum atomic E-state index is 14.8. The Bertz CT molecular complexity index is 1740. The summed E-state index contributed by atoms with van der Waals surface area (Å²) in [6.45, 7) is 14.2. The van der Waals surface area contributed by atoms with Gasteiger partial charge in [-0.25, -0.2) is 0 Å². The molecule has 4 heteroatoms. The molecule has 0 N–H and O–H groups in total. The van der Waals surface area contributed by atoms with Crippen molar-refractivity contribution in [3.63, 3.8) is 0 Å². The Morgan fingerprint density at radius 1 is 0.560 bits per heavy atom. The third kappa shape index (κ3) is 8.29. The normalized spacial score (nSPS) is 16.1. The number of aryl methyl sites for hydroxylation is 1. The molecule has 0 aliphatic carbocycles. The molecule has 0 saturated carbocycles. The zero-order chi connectivity index (χ0) is 35.6. The predicted molar refractivity (Wildman–Crippen MR) is 212 cm³/mol. The first-order valence-corrected chi connectivity index (χ1v) is 19.0. The highest BCUT2D eigenvalue weighted by molar-refractivity contribution is 6.30. The highest BCUT2D eigenvalue weighted by Crippen LogP contribution is 2.47. The number of hydrogen-bond acceptors (Lipinski definition) is 2. The van der Waals surface area contributed by atoms with Gasteiger partial charge in [-0.15, -0.1) is 0 Å². The van der Waals surface area contributed by atoms with Gasteiger partial charge in [0.25, 0.3) is 11.8 Å². The summed E-state index contributed by atoms with van der Waals surface area (Å²) in [5.74, 6) is 0.660. The summed E-state index contributed by atoms with van der Waals surface area (Å²) in [6.07, 6.45) is 17.0. The van der Waals surface area contributed by atoms with Crippen LogP contribution < -0.4 is 0 Å². The lowest BCUT2D eigenvalue weighted by atomic mass is 9.97. The fraction of sp³-hybridized carbons (Fsp3) is 0.391. The molecule has 2 atom stereocenters. The molecule has 262 valence electrons. The zero-order valence-electron chi connectivity index (χ0n) is 31.2. The Hall–Kier alpha value is -4.44. The summed E-state index contributed by atoms with van der Waals surface area (Å²) in [5, 5.41) is 0. The van der Waals surface area contributed by atoms with Gasteiger partial charge in [0, 0.05) is 13.1 Å². The van der Waals surface area contributed by atoms with Gasteiger partial charge in [-0.1, -0.05) is 169 Å². The Morgan fingerprint density at radius 2 is 0.940 bits per heavy atom. The number of rotatable bonds is 17. The van der Waals surface area contributed by atoms with Crippen LogP contribution in [-0.4, -0.2) is 34.7 Å². The molecule has 5 rings (SSSR count). The van der Waals surface area contributed by atoms with Crippen LogP contribution in [0.3, 0.4) is 0 Å². The monoisotopic (exact) mass is 668 g/mol. The number of hydrogen-bond donors (Lipinski definition) is 0. The minimum absolute atomic E-state index is 0.0386. The van der Waals surface area contributed by atoms with Crippen LogP contribution in [0.15, 0.2) is 90.0 Å². The van der Waals surface area contributed by atoms with Crippen LogP contribution in [-0.2, 0) is 9.59 Å². The van der Waals surface area contributed by atoms with Crippen molar-refractivity contribution in [2.45, 2.75) is 92.9 Å². The van der Waals surface area contributed by atoms with Crippen LogP contribution in [0, 0.1) is 18.8 Å². The zero-order valence-corrected chi connectivity index (χ0v) is 31.2. The quantitative estimate of drug-likeness (QED) is 0.134. The highest BCUT2D eigenvalue weighted by atomic mass is 16.2. The van der Waals surface area contributed by atoms with E-state index in [9.17, 15) is 9.59 Å². The highest BCUT2D eigenvalue weighted by Gasteiger charge is 2.49. The van der Waals surface area contributed by atoms with Crippen molar-refractivity contribution in [3.8, 4) is 0 Å². The van der Waals surface area contributed by atoms with Gasteiger partial charge in [-0.3, -0.25) is 9.59 Å². The third-order valence-electron chi connectivity index (χ3n) is 10.4. The SMILES string of the molecule is C/C=C/c1ccc(/C=C/c2ccc(C3=C4C(=O)N(CC(CC)CCCC)C(c5ccc(C)cc5)=C4C(=O)N3CC(CC)CCCC)cc2)cc1. The van der Waals surface area contributed by atoms with E-state index in [0.717, 1.165) is 90.6 Å². The fourth-order valence-corrected chi connectivity index (χ4v) is 7.26. The molecule has 0 spiro atoms. The van der Waals surface area contributed by atoms with Gasteiger partial charge in [0.15, 0.2) is 0 Å². The average molecular weight is 669 g/mol. The second-order valence-electron chi connectivity index (χ2n) is 14.1. The van der Waals surface area contributed by atoms with Gasteiger partial charge in [-0.05, 0) is 66.3 Å². The number of carbonyl (C=O) groups is 2. The molecule has 0 bridgehead atoms. The molecule has 3 aromatic carbocycles. The van der Waals surface area contributed by atoms with E-state index in [0.29, 0.717) is 36.1 Å². The molecular weight excluding hydrogens is 613 g/mol. The molecule has 2 aliphatic rings. The van der Waals surface area contributed by atoms with Crippen LogP contribution in [0.25, 0.3) is 29.6 Å². The maximum Gasteiger partial charge on any atom is 0.261 e. The molecule has 2 amide bonds. The lowest BCUT2D eigenvalue weighted by molar-refractivity contribution is -0.124. The Kier molecular flexibility index (Phi) is 12.9. The average Bonchev–Trinajstić information content (AvgIpc) is 3.58. The van der Waals surface area contributed by atoms with Crippen molar-refractivity contribution in [1.29, 1.82) is 0 Å². The summed E-state index contributed by atoms with van der Waals surface area (Å²) in [5.41, 5.74) is 9.10. The number of nitrogens with zero attached hydrogens (tertiary/aromatic N) is 2. The van der Waals surface area contributed by atoms with Crippen LogP contribution in [0.5, 0.6) is 0 Å².